The second kappa shape index (κ2) is 9.41. The first-order valence-electron chi connectivity index (χ1n) is 9.99. The Kier molecular flexibility index (Phi) is 6.24. The third-order valence-electron chi connectivity index (χ3n) is 4.75. The lowest BCUT2D eigenvalue weighted by molar-refractivity contribution is 0.0986. The van der Waals surface area contributed by atoms with Gasteiger partial charge >= 0.3 is 0 Å². The van der Waals surface area contributed by atoms with Gasteiger partial charge in [0, 0.05) is 31.0 Å². The normalized spacial score (nSPS) is 10.7. The van der Waals surface area contributed by atoms with Crippen molar-refractivity contribution >= 4 is 32.6 Å². The van der Waals surface area contributed by atoms with E-state index in [0.717, 1.165) is 28.9 Å². The Hall–Kier alpha value is -3.70. The van der Waals surface area contributed by atoms with Crippen molar-refractivity contribution in [2.45, 2.75) is 19.9 Å². The average molecular weight is 432 g/mol. The van der Waals surface area contributed by atoms with Crippen LogP contribution >= 0.6 is 11.3 Å². The van der Waals surface area contributed by atoms with E-state index in [1.165, 1.54) is 11.3 Å². The average Bonchev–Trinajstić information content (AvgIpc) is 3.46. The summed E-state index contributed by atoms with van der Waals surface area (Å²) in [5.41, 5.74) is 1.87. The molecular weight excluding hydrogens is 410 g/mol. The highest BCUT2D eigenvalue weighted by Gasteiger charge is 2.21. The van der Waals surface area contributed by atoms with Gasteiger partial charge in [0.2, 0.25) is 0 Å². The van der Waals surface area contributed by atoms with Crippen LogP contribution in [0.15, 0.2) is 61.2 Å². The number of carbonyl (C=O) groups is 1. The van der Waals surface area contributed by atoms with Crippen molar-refractivity contribution in [1.29, 1.82) is 5.26 Å². The molecule has 0 N–H and O–H groups in total. The summed E-state index contributed by atoms with van der Waals surface area (Å²) in [6.07, 6.45) is 6.15. The highest BCUT2D eigenvalue weighted by atomic mass is 32.1. The van der Waals surface area contributed by atoms with Crippen LogP contribution in [-0.4, -0.2) is 33.6 Å². The molecule has 0 unspecified atom stereocenters. The number of benzene rings is 2. The van der Waals surface area contributed by atoms with E-state index in [4.69, 9.17) is 15.0 Å². The molecule has 2 heterocycles. The molecule has 0 atom stereocenters. The minimum Gasteiger partial charge on any atom is -0.494 e. The van der Waals surface area contributed by atoms with Crippen molar-refractivity contribution in [1.82, 2.24) is 14.5 Å². The monoisotopic (exact) mass is 431 g/mol. The van der Waals surface area contributed by atoms with Crippen molar-refractivity contribution in [3.05, 3.63) is 72.3 Å². The molecule has 8 heteroatoms. The zero-order valence-corrected chi connectivity index (χ0v) is 17.9. The van der Waals surface area contributed by atoms with Gasteiger partial charge in [0.1, 0.15) is 5.75 Å². The number of fused-ring (bicyclic) bond motifs is 1. The second-order valence-corrected chi connectivity index (χ2v) is 7.87. The van der Waals surface area contributed by atoms with Crippen LogP contribution in [0.25, 0.3) is 10.2 Å². The van der Waals surface area contributed by atoms with Gasteiger partial charge < -0.3 is 9.30 Å². The Morgan fingerprint density at radius 3 is 2.81 bits per heavy atom. The maximum atomic E-state index is 13.3. The highest BCUT2D eigenvalue weighted by molar-refractivity contribution is 7.22. The molecule has 0 aliphatic heterocycles. The van der Waals surface area contributed by atoms with E-state index < -0.39 is 0 Å². The van der Waals surface area contributed by atoms with E-state index in [1.807, 2.05) is 35.9 Å². The van der Waals surface area contributed by atoms with Crippen LogP contribution in [0.2, 0.25) is 0 Å². The number of aromatic nitrogens is 3. The molecule has 7 nitrogen and oxygen atoms in total. The van der Waals surface area contributed by atoms with Gasteiger partial charge in [-0.3, -0.25) is 9.69 Å². The van der Waals surface area contributed by atoms with Gasteiger partial charge in [-0.15, -0.1) is 0 Å². The smallest absolute Gasteiger partial charge is 0.260 e. The van der Waals surface area contributed by atoms with Gasteiger partial charge in [0.15, 0.2) is 5.13 Å². The van der Waals surface area contributed by atoms with Crippen molar-refractivity contribution in [2.24, 2.45) is 0 Å². The number of imidazole rings is 1. The SMILES string of the molecule is CCOc1ccc2nc(N(CCCn3ccnc3)C(=O)c3ccc(C#N)cc3)sc2c1. The molecule has 31 heavy (non-hydrogen) atoms. The van der Waals surface area contributed by atoms with Gasteiger partial charge in [0.05, 0.1) is 34.8 Å². The van der Waals surface area contributed by atoms with Crippen molar-refractivity contribution < 1.29 is 9.53 Å². The van der Waals surface area contributed by atoms with E-state index in [0.29, 0.717) is 29.4 Å². The number of hydrogen-bond acceptors (Lipinski definition) is 6. The van der Waals surface area contributed by atoms with E-state index in [2.05, 4.69) is 11.1 Å². The Morgan fingerprint density at radius 1 is 1.26 bits per heavy atom. The van der Waals surface area contributed by atoms with Crippen molar-refractivity contribution in [3.8, 4) is 11.8 Å². The topological polar surface area (TPSA) is 84.0 Å². The molecule has 2 aromatic heterocycles. The summed E-state index contributed by atoms with van der Waals surface area (Å²) in [5, 5.41) is 9.67. The van der Waals surface area contributed by atoms with Crippen LogP contribution in [0.5, 0.6) is 5.75 Å². The number of nitrogens with zero attached hydrogens (tertiary/aromatic N) is 5. The summed E-state index contributed by atoms with van der Waals surface area (Å²) < 4.78 is 8.54. The lowest BCUT2D eigenvalue weighted by atomic mass is 10.1. The predicted molar refractivity (Wildman–Crippen MR) is 120 cm³/mol. The molecule has 0 aliphatic rings. The molecule has 0 spiro atoms. The number of ether oxygens (including phenoxy) is 1. The first-order valence-corrected chi connectivity index (χ1v) is 10.8. The molecule has 156 valence electrons. The van der Waals surface area contributed by atoms with E-state index in [-0.39, 0.29) is 5.91 Å². The van der Waals surface area contributed by atoms with E-state index in [1.54, 1.807) is 41.7 Å². The molecule has 0 saturated heterocycles. The molecule has 4 rings (SSSR count). The fourth-order valence-electron chi connectivity index (χ4n) is 3.22. The fraction of sp³-hybridized carbons (Fsp3) is 0.217. The Morgan fingerprint density at radius 2 is 2.10 bits per heavy atom. The van der Waals surface area contributed by atoms with E-state index >= 15 is 0 Å². The molecule has 0 aliphatic carbocycles. The summed E-state index contributed by atoms with van der Waals surface area (Å²) in [7, 11) is 0. The van der Waals surface area contributed by atoms with Gasteiger partial charge in [-0.25, -0.2) is 9.97 Å². The minimum atomic E-state index is -0.140. The van der Waals surface area contributed by atoms with Crippen LogP contribution in [0, 0.1) is 11.3 Å². The molecule has 0 saturated carbocycles. The quantitative estimate of drug-likeness (QED) is 0.410. The molecular formula is C23H21N5O2S. The van der Waals surface area contributed by atoms with Crippen molar-refractivity contribution in [2.75, 3.05) is 18.1 Å². The van der Waals surface area contributed by atoms with Crippen LogP contribution in [0.1, 0.15) is 29.3 Å². The number of carbonyl (C=O) groups excluding carboxylic acids is 1. The zero-order valence-electron chi connectivity index (χ0n) is 17.1. The molecule has 2 aromatic carbocycles. The molecule has 0 bridgehead atoms. The van der Waals surface area contributed by atoms with Crippen LogP contribution in [-0.2, 0) is 6.54 Å². The maximum Gasteiger partial charge on any atom is 0.260 e. The first kappa shape index (κ1) is 20.6. The summed E-state index contributed by atoms with van der Waals surface area (Å²) >= 11 is 1.47. The predicted octanol–water partition coefficient (Wildman–Crippen LogP) is 4.50. The number of aryl methyl sites for hydroxylation is 1. The minimum absolute atomic E-state index is 0.140. The number of amides is 1. The number of thiazole rings is 1. The third kappa shape index (κ3) is 4.73. The fourth-order valence-corrected chi connectivity index (χ4v) is 4.24. The van der Waals surface area contributed by atoms with Gasteiger partial charge in [-0.1, -0.05) is 11.3 Å². The maximum absolute atomic E-state index is 13.3. The van der Waals surface area contributed by atoms with Crippen LogP contribution in [0.3, 0.4) is 0 Å². The molecule has 0 fully saturated rings. The standard InChI is InChI=1S/C23H21N5O2S/c1-2-30-19-8-9-20-21(14-19)31-23(26-20)28(12-3-11-27-13-10-25-16-27)22(29)18-6-4-17(15-24)5-7-18/h4-10,13-14,16H,2-3,11-12H2,1H3. The third-order valence-corrected chi connectivity index (χ3v) is 5.79. The highest BCUT2D eigenvalue weighted by Crippen LogP contribution is 2.32. The van der Waals surface area contributed by atoms with Gasteiger partial charge in [-0.2, -0.15) is 5.26 Å². The number of rotatable bonds is 8. The van der Waals surface area contributed by atoms with E-state index in [9.17, 15) is 4.79 Å². The number of anilines is 1. The largest absolute Gasteiger partial charge is 0.494 e. The molecule has 1 amide bonds. The van der Waals surface area contributed by atoms with Crippen LogP contribution in [0.4, 0.5) is 5.13 Å². The number of nitriles is 1. The summed E-state index contributed by atoms with van der Waals surface area (Å²) in [4.78, 5) is 23.8. The Labute approximate surface area is 184 Å². The van der Waals surface area contributed by atoms with Gasteiger partial charge in [-0.05, 0) is 55.8 Å². The molecule has 0 radical (unpaired) electrons. The lowest BCUT2D eigenvalue weighted by Gasteiger charge is -2.20. The first-order chi connectivity index (χ1) is 15.2. The summed E-state index contributed by atoms with van der Waals surface area (Å²) in [5.74, 6) is 0.648. The second-order valence-electron chi connectivity index (χ2n) is 6.86. The van der Waals surface area contributed by atoms with Crippen LogP contribution < -0.4 is 9.64 Å². The molecule has 4 aromatic rings. The Balaban J connectivity index is 1.62. The summed E-state index contributed by atoms with van der Waals surface area (Å²) in [6, 6.07) is 14.5. The lowest BCUT2D eigenvalue weighted by Crippen LogP contribution is -2.32. The summed E-state index contributed by atoms with van der Waals surface area (Å²) in [6.45, 7) is 3.79. The Bertz CT molecular complexity index is 1210. The zero-order chi connectivity index (χ0) is 21.6. The number of hydrogen-bond donors (Lipinski definition) is 0. The van der Waals surface area contributed by atoms with Crippen molar-refractivity contribution in [3.63, 3.8) is 0 Å². The van der Waals surface area contributed by atoms with Gasteiger partial charge in [0.25, 0.3) is 5.91 Å².